The van der Waals surface area contributed by atoms with Crippen LogP contribution in [-0.4, -0.2) is 27.9 Å². The molecule has 0 unspecified atom stereocenters. The van der Waals surface area contributed by atoms with E-state index < -0.39 is 0 Å². The molecule has 1 N–H and O–H groups in total. The van der Waals surface area contributed by atoms with Gasteiger partial charge in [0, 0.05) is 0 Å². The number of para-hydroxylation sites is 1. The molecule has 0 spiro atoms. The van der Waals surface area contributed by atoms with Crippen LogP contribution in [0.3, 0.4) is 0 Å². The van der Waals surface area contributed by atoms with E-state index >= 15 is 0 Å². The molecule has 1 amide bonds. The minimum Gasteiger partial charge on any atom is -0.496 e. The molecule has 0 atom stereocenters. The maximum Gasteiger partial charge on any atom is 0.273 e. The molecule has 1 heterocycles. The van der Waals surface area contributed by atoms with E-state index in [-0.39, 0.29) is 5.91 Å². The van der Waals surface area contributed by atoms with Gasteiger partial charge in [-0.05, 0) is 26.0 Å². The Labute approximate surface area is 105 Å². The number of rotatable bonds is 3. The first-order valence-electron chi connectivity index (χ1n) is 5.46. The number of nitrogens with one attached hydrogen (secondary N) is 1. The van der Waals surface area contributed by atoms with Gasteiger partial charge in [-0.1, -0.05) is 12.1 Å². The van der Waals surface area contributed by atoms with E-state index in [1.165, 1.54) is 11.8 Å². The summed E-state index contributed by atoms with van der Waals surface area (Å²) in [4.78, 5) is 12.1. The van der Waals surface area contributed by atoms with Crippen LogP contribution < -0.4 is 10.2 Å². The first-order valence-corrected chi connectivity index (χ1v) is 5.46. The largest absolute Gasteiger partial charge is 0.496 e. The van der Waals surface area contributed by atoms with Gasteiger partial charge in [0.1, 0.15) is 17.4 Å². The van der Waals surface area contributed by atoms with Gasteiger partial charge in [0.2, 0.25) is 0 Å². The van der Waals surface area contributed by atoms with Gasteiger partial charge in [0.15, 0.2) is 0 Å². The molecule has 0 aliphatic heterocycles. The average Bonchev–Trinajstić information content (AvgIpc) is 2.70. The molecule has 18 heavy (non-hydrogen) atoms. The van der Waals surface area contributed by atoms with Gasteiger partial charge in [0.25, 0.3) is 5.91 Å². The lowest BCUT2D eigenvalue weighted by Gasteiger charge is -2.11. The predicted octanol–water partition coefficient (Wildman–Crippen LogP) is 1.29. The number of benzene rings is 1. The minimum atomic E-state index is -0.265. The highest BCUT2D eigenvalue weighted by Crippen LogP contribution is 2.17. The molecule has 1 aromatic carbocycles. The highest BCUT2D eigenvalue weighted by Gasteiger charge is 2.14. The summed E-state index contributed by atoms with van der Waals surface area (Å²) < 4.78 is 6.68. The Kier molecular flexibility index (Phi) is 3.27. The Hall–Kier alpha value is -2.37. The van der Waals surface area contributed by atoms with Crippen molar-refractivity contribution >= 4 is 5.91 Å². The predicted molar refractivity (Wildman–Crippen MR) is 66.2 cm³/mol. The second-order valence-electron chi connectivity index (χ2n) is 3.77. The van der Waals surface area contributed by atoms with E-state index in [0.717, 1.165) is 0 Å². The summed E-state index contributed by atoms with van der Waals surface area (Å²) in [5, 5.41) is 7.74. The Bertz CT molecular complexity index is 558. The van der Waals surface area contributed by atoms with Crippen molar-refractivity contribution < 1.29 is 9.53 Å². The summed E-state index contributed by atoms with van der Waals surface area (Å²) in [6, 6.07) is 7.03. The van der Waals surface area contributed by atoms with Gasteiger partial charge < -0.3 is 4.74 Å². The summed E-state index contributed by atoms with van der Waals surface area (Å²) in [5.41, 5.74) is 3.19. The maximum absolute atomic E-state index is 12.1. The zero-order valence-corrected chi connectivity index (χ0v) is 10.5. The number of nitrogens with zero attached hydrogens (tertiary/aromatic N) is 3. The fourth-order valence-corrected chi connectivity index (χ4v) is 1.62. The van der Waals surface area contributed by atoms with Crippen molar-refractivity contribution in [2.24, 2.45) is 0 Å². The lowest BCUT2D eigenvalue weighted by atomic mass is 10.2. The van der Waals surface area contributed by atoms with Crippen LogP contribution in [0.1, 0.15) is 22.0 Å². The van der Waals surface area contributed by atoms with E-state index in [0.29, 0.717) is 23.0 Å². The third-order valence-corrected chi connectivity index (χ3v) is 2.55. The molecule has 1 aromatic heterocycles. The molecule has 0 aliphatic rings. The van der Waals surface area contributed by atoms with Crippen molar-refractivity contribution in [1.82, 2.24) is 14.9 Å². The molecule has 0 aliphatic carbocycles. The number of carbonyl (C=O) groups excluding carboxylic acids is 1. The van der Waals surface area contributed by atoms with E-state index in [2.05, 4.69) is 15.6 Å². The van der Waals surface area contributed by atoms with Crippen molar-refractivity contribution in [2.45, 2.75) is 13.8 Å². The number of aryl methyl sites for hydroxylation is 2. The summed E-state index contributed by atoms with van der Waals surface area (Å²) >= 11 is 0. The lowest BCUT2D eigenvalue weighted by Crippen LogP contribution is -2.25. The van der Waals surface area contributed by atoms with Crippen LogP contribution in [0.25, 0.3) is 0 Å². The molecule has 0 saturated heterocycles. The van der Waals surface area contributed by atoms with Crippen LogP contribution in [0.4, 0.5) is 0 Å². The monoisotopic (exact) mass is 246 g/mol. The quantitative estimate of drug-likeness (QED) is 0.886. The number of amides is 1. The van der Waals surface area contributed by atoms with Crippen LogP contribution in [0.15, 0.2) is 24.3 Å². The average molecular weight is 246 g/mol. The Balaban J connectivity index is 2.28. The van der Waals surface area contributed by atoms with Crippen LogP contribution in [0.5, 0.6) is 5.75 Å². The van der Waals surface area contributed by atoms with Gasteiger partial charge in [-0.3, -0.25) is 10.2 Å². The van der Waals surface area contributed by atoms with Crippen LogP contribution in [0.2, 0.25) is 0 Å². The van der Waals surface area contributed by atoms with Crippen LogP contribution in [-0.2, 0) is 0 Å². The molecule has 0 radical (unpaired) electrons. The molecule has 2 aromatic rings. The van der Waals surface area contributed by atoms with Crippen LogP contribution >= 0.6 is 0 Å². The van der Waals surface area contributed by atoms with Crippen molar-refractivity contribution in [3.05, 3.63) is 41.5 Å². The van der Waals surface area contributed by atoms with Crippen molar-refractivity contribution in [2.75, 3.05) is 12.5 Å². The Morgan fingerprint density at radius 1 is 1.22 bits per heavy atom. The zero-order chi connectivity index (χ0) is 13.1. The smallest absolute Gasteiger partial charge is 0.273 e. The summed E-state index contributed by atoms with van der Waals surface area (Å²) in [6.07, 6.45) is 0. The van der Waals surface area contributed by atoms with Gasteiger partial charge in [0.05, 0.1) is 12.7 Å². The summed E-state index contributed by atoms with van der Waals surface area (Å²) in [6.45, 7) is 3.53. The first-order chi connectivity index (χ1) is 8.63. The standard InChI is InChI=1S/C12H14N4O2/c1-8-13-14-9(2)16(8)15-12(17)10-6-4-5-7-11(10)18-3/h4-7H,1-3H3,(H,15,17). The van der Waals surface area contributed by atoms with E-state index in [4.69, 9.17) is 4.74 Å². The maximum atomic E-state index is 12.1. The van der Waals surface area contributed by atoms with Gasteiger partial charge in [-0.2, -0.15) is 0 Å². The van der Waals surface area contributed by atoms with Gasteiger partial charge in [-0.15, -0.1) is 10.2 Å². The molecule has 94 valence electrons. The fraction of sp³-hybridized carbons (Fsp3) is 0.250. The summed E-state index contributed by atoms with van der Waals surface area (Å²) in [5.74, 6) is 1.50. The van der Waals surface area contributed by atoms with Gasteiger partial charge >= 0.3 is 0 Å². The lowest BCUT2D eigenvalue weighted by molar-refractivity contribution is 0.100. The van der Waals surface area contributed by atoms with Crippen LogP contribution in [0, 0.1) is 13.8 Å². The number of aromatic nitrogens is 3. The molecule has 0 saturated carbocycles. The number of hydrogen-bond donors (Lipinski definition) is 1. The number of hydrogen-bond acceptors (Lipinski definition) is 4. The third kappa shape index (κ3) is 2.17. The molecule has 2 rings (SSSR count). The topological polar surface area (TPSA) is 69.0 Å². The van der Waals surface area contributed by atoms with Crippen molar-refractivity contribution in [3.8, 4) is 5.75 Å². The number of methoxy groups -OCH3 is 1. The SMILES string of the molecule is COc1ccccc1C(=O)Nn1c(C)nnc1C. The molecular weight excluding hydrogens is 232 g/mol. The molecule has 6 nitrogen and oxygen atoms in total. The van der Waals surface area contributed by atoms with E-state index in [1.54, 1.807) is 32.0 Å². The fourth-order valence-electron chi connectivity index (χ4n) is 1.62. The third-order valence-electron chi connectivity index (χ3n) is 2.55. The summed E-state index contributed by atoms with van der Waals surface area (Å²) in [7, 11) is 1.53. The minimum absolute atomic E-state index is 0.265. The van der Waals surface area contributed by atoms with Gasteiger partial charge in [-0.25, -0.2) is 4.68 Å². The molecule has 0 bridgehead atoms. The van der Waals surface area contributed by atoms with Crippen molar-refractivity contribution in [3.63, 3.8) is 0 Å². The Morgan fingerprint density at radius 2 is 1.83 bits per heavy atom. The second kappa shape index (κ2) is 4.87. The van der Waals surface area contributed by atoms with Crippen molar-refractivity contribution in [1.29, 1.82) is 0 Å². The van der Waals surface area contributed by atoms with E-state index in [9.17, 15) is 4.79 Å². The zero-order valence-electron chi connectivity index (χ0n) is 10.5. The first kappa shape index (κ1) is 12.1. The second-order valence-corrected chi connectivity index (χ2v) is 3.77. The Morgan fingerprint density at radius 3 is 2.44 bits per heavy atom. The highest BCUT2D eigenvalue weighted by atomic mass is 16.5. The molecular formula is C12H14N4O2. The normalized spacial score (nSPS) is 10.2. The molecule has 0 fully saturated rings. The highest BCUT2D eigenvalue weighted by molar-refractivity contribution is 6.02. The number of ether oxygens (including phenoxy) is 1. The number of carbonyl (C=O) groups is 1. The molecule has 6 heteroatoms. The van der Waals surface area contributed by atoms with E-state index in [1.807, 2.05) is 6.07 Å².